The van der Waals surface area contributed by atoms with E-state index in [-0.39, 0.29) is 17.1 Å². The Morgan fingerprint density at radius 3 is 2.55 bits per heavy atom. The highest BCUT2D eigenvalue weighted by atomic mass is 32.2. The molecule has 5 heteroatoms. The summed E-state index contributed by atoms with van der Waals surface area (Å²) in [5.41, 5.74) is 1.19. The van der Waals surface area contributed by atoms with Gasteiger partial charge in [0.25, 0.3) is 0 Å². The van der Waals surface area contributed by atoms with Crippen LogP contribution < -0.4 is 0 Å². The molecule has 0 radical (unpaired) electrons. The summed E-state index contributed by atoms with van der Waals surface area (Å²) in [7, 11) is -1.53. The summed E-state index contributed by atoms with van der Waals surface area (Å²) in [5, 5.41) is 0. The lowest BCUT2D eigenvalue weighted by molar-refractivity contribution is 0.194. The Morgan fingerprint density at radius 1 is 1.23 bits per heavy atom. The first-order valence-corrected chi connectivity index (χ1v) is 9.49. The number of nitrogens with zero attached hydrogens (tertiary/aromatic N) is 1. The van der Waals surface area contributed by atoms with Gasteiger partial charge in [0.05, 0.1) is 5.75 Å². The summed E-state index contributed by atoms with van der Waals surface area (Å²) in [4.78, 5) is 0. The van der Waals surface area contributed by atoms with E-state index in [0.29, 0.717) is 26.1 Å². The average molecular weight is 325 g/mol. The van der Waals surface area contributed by atoms with E-state index in [2.05, 4.69) is 26.0 Å². The standard InChI is InChI=1S/C17H27NO3S/c1-17(2)14-18(22(19,20)12-8-7-11-21-3)13-16(17)15-9-5-4-6-10-15/h4-6,9-10,16H,7-8,11-14H2,1-3H3/t16-/m1/s1. The molecule has 22 heavy (non-hydrogen) atoms. The highest BCUT2D eigenvalue weighted by molar-refractivity contribution is 7.89. The molecule has 0 spiro atoms. The molecule has 1 atom stereocenters. The number of benzene rings is 1. The second-order valence-corrected chi connectivity index (χ2v) is 8.85. The van der Waals surface area contributed by atoms with Crippen LogP contribution in [0.4, 0.5) is 0 Å². The number of unbranched alkanes of at least 4 members (excludes halogenated alkanes) is 1. The zero-order valence-corrected chi connectivity index (χ0v) is 14.6. The minimum atomic E-state index is -3.17. The zero-order valence-electron chi connectivity index (χ0n) is 13.8. The molecule has 0 N–H and O–H groups in total. The molecule has 4 nitrogen and oxygen atoms in total. The Bertz CT molecular complexity index is 569. The summed E-state index contributed by atoms with van der Waals surface area (Å²) in [6, 6.07) is 10.2. The number of ether oxygens (including phenoxy) is 1. The van der Waals surface area contributed by atoms with Crippen molar-refractivity contribution in [3.8, 4) is 0 Å². The van der Waals surface area contributed by atoms with E-state index < -0.39 is 10.0 Å². The van der Waals surface area contributed by atoms with E-state index >= 15 is 0 Å². The fourth-order valence-electron chi connectivity index (χ4n) is 3.19. The van der Waals surface area contributed by atoms with Crippen LogP contribution in [0.2, 0.25) is 0 Å². The lowest BCUT2D eigenvalue weighted by Crippen LogP contribution is -2.32. The molecule has 0 aromatic heterocycles. The van der Waals surface area contributed by atoms with Gasteiger partial charge in [0.15, 0.2) is 0 Å². The van der Waals surface area contributed by atoms with Gasteiger partial charge < -0.3 is 4.74 Å². The van der Waals surface area contributed by atoms with Crippen molar-refractivity contribution in [1.29, 1.82) is 0 Å². The third-order valence-electron chi connectivity index (χ3n) is 4.51. The molecule has 0 saturated carbocycles. The predicted molar refractivity (Wildman–Crippen MR) is 89.4 cm³/mol. The smallest absolute Gasteiger partial charge is 0.214 e. The third-order valence-corrected chi connectivity index (χ3v) is 6.38. The van der Waals surface area contributed by atoms with E-state index in [1.165, 1.54) is 5.56 Å². The molecule has 0 aliphatic carbocycles. The maximum Gasteiger partial charge on any atom is 0.214 e. The molecule has 1 heterocycles. The van der Waals surface area contributed by atoms with Crippen LogP contribution in [0.3, 0.4) is 0 Å². The quantitative estimate of drug-likeness (QED) is 0.724. The van der Waals surface area contributed by atoms with Crippen LogP contribution in [-0.4, -0.2) is 45.3 Å². The SMILES string of the molecule is COCCCCS(=O)(=O)N1C[C@H](c2ccccc2)C(C)(C)C1. The van der Waals surface area contributed by atoms with Gasteiger partial charge in [-0.25, -0.2) is 12.7 Å². The first kappa shape index (κ1) is 17.4. The van der Waals surface area contributed by atoms with Crippen molar-refractivity contribution in [2.24, 2.45) is 5.41 Å². The van der Waals surface area contributed by atoms with Crippen molar-refractivity contribution < 1.29 is 13.2 Å². The minimum Gasteiger partial charge on any atom is -0.385 e. The number of rotatable bonds is 7. The first-order valence-electron chi connectivity index (χ1n) is 7.88. The topological polar surface area (TPSA) is 46.6 Å². The molecule has 1 aliphatic rings. The Labute approximate surface area is 134 Å². The van der Waals surface area contributed by atoms with Crippen LogP contribution in [0.1, 0.15) is 38.2 Å². The Hall–Kier alpha value is -0.910. The number of hydrogen-bond donors (Lipinski definition) is 0. The van der Waals surface area contributed by atoms with E-state index in [1.54, 1.807) is 11.4 Å². The summed E-state index contributed by atoms with van der Waals surface area (Å²) in [5.74, 6) is 0.468. The van der Waals surface area contributed by atoms with Gasteiger partial charge in [0.2, 0.25) is 10.0 Å². The Balaban J connectivity index is 2.05. The number of sulfonamides is 1. The van der Waals surface area contributed by atoms with Gasteiger partial charge in [0.1, 0.15) is 0 Å². The molecule has 1 fully saturated rings. The second kappa shape index (κ2) is 7.11. The third kappa shape index (κ3) is 4.09. The first-order chi connectivity index (χ1) is 10.4. The highest BCUT2D eigenvalue weighted by Gasteiger charge is 2.44. The zero-order chi connectivity index (χ0) is 16.2. The maximum absolute atomic E-state index is 12.5. The Morgan fingerprint density at radius 2 is 1.91 bits per heavy atom. The van der Waals surface area contributed by atoms with Gasteiger partial charge >= 0.3 is 0 Å². The molecule has 124 valence electrons. The van der Waals surface area contributed by atoms with Crippen LogP contribution in [0, 0.1) is 5.41 Å². The van der Waals surface area contributed by atoms with Gasteiger partial charge in [-0.05, 0) is 23.8 Å². The highest BCUT2D eigenvalue weighted by Crippen LogP contribution is 2.43. The van der Waals surface area contributed by atoms with Gasteiger partial charge in [-0.2, -0.15) is 0 Å². The fraction of sp³-hybridized carbons (Fsp3) is 0.647. The lowest BCUT2D eigenvalue weighted by Gasteiger charge is -2.25. The largest absolute Gasteiger partial charge is 0.385 e. The molecular weight excluding hydrogens is 298 g/mol. The molecule has 1 saturated heterocycles. The molecular formula is C17H27NO3S. The van der Waals surface area contributed by atoms with Gasteiger partial charge in [-0.1, -0.05) is 44.2 Å². The summed E-state index contributed by atoms with van der Waals surface area (Å²) in [6.45, 7) is 6.12. The minimum absolute atomic E-state index is 0.0407. The van der Waals surface area contributed by atoms with Gasteiger partial charge in [-0.3, -0.25) is 0 Å². The van der Waals surface area contributed by atoms with Crippen molar-refractivity contribution in [2.75, 3.05) is 32.6 Å². The monoisotopic (exact) mass is 325 g/mol. The molecule has 1 aromatic rings. The second-order valence-electron chi connectivity index (χ2n) is 6.76. The maximum atomic E-state index is 12.5. The van der Waals surface area contributed by atoms with E-state index in [9.17, 15) is 8.42 Å². The van der Waals surface area contributed by atoms with Gasteiger partial charge in [0, 0.05) is 32.7 Å². The molecule has 0 bridgehead atoms. The molecule has 2 rings (SSSR count). The Kier molecular flexibility index (Phi) is 5.64. The molecule has 1 aliphatic heterocycles. The van der Waals surface area contributed by atoms with Crippen molar-refractivity contribution >= 4 is 10.0 Å². The molecule has 0 amide bonds. The van der Waals surface area contributed by atoms with Crippen molar-refractivity contribution in [2.45, 2.75) is 32.6 Å². The fourth-order valence-corrected chi connectivity index (χ4v) is 4.93. The van der Waals surface area contributed by atoms with Gasteiger partial charge in [-0.15, -0.1) is 0 Å². The summed E-state index contributed by atoms with van der Waals surface area (Å²) >= 11 is 0. The summed E-state index contributed by atoms with van der Waals surface area (Å²) < 4.78 is 31.8. The van der Waals surface area contributed by atoms with Crippen LogP contribution in [0.25, 0.3) is 0 Å². The van der Waals surface area contributed by atoms with Crippen LogP contribution in [-0.2, 0) is 14.8 Å². The predicted octanol–water partition coefficient (Wildman–Crippen LogP) is 2.87. The van der Waals surface area contributed by atoms with E-state index in [1.807, 2.05) is 18.2 Å². The lowest BCUT2D eigenvalue weighted by atomic mass is 9.78. The van der Waals surface area contributed by atoms with E-state index in [4.69, 9.17) is 4.74 Å². The average Bonchev–Trinajstić information content (AvgIpc) is 2.81. The van der Waals surface area contributed by atoms with Crippen LogP contribution >= 0.6 is 0 Å². The normalized spacial score (nSPS) is 22.0. The van der Waals surface area contributed by atoms with Crippen molar-refractivity contribution in [3.05, 3.63) is 35.9 Å². The summed E-state index contributed by atoms with van der Waals surface area (Å²) in [6.07, 6.45) is 1.44. The van der Waals surface area contributed by atoms with Crippen molar-refractivity contribution in [1.82, 2.24) is 4.31 Å². The molecule has 0 unspecified atom stereocenters. The number of methoxy groups -OCH3 is 1. The van der Waals surface area contributed by atoms with Crippen LogP contribution in [0.5, 0.6) is 0 Å². The molecule has 1 aromatic carbocycles. The van der Waals surface area contributed by atoms with E-state index in [0.717, 1.165) is 6.42 Å². The number of hydrogen-bond acceptors (Lipinski definition) is 3. The van der Waals surface area contributed by atoms with Crippen LogP contribution in [0.15, 0.2) is 30.3 Å². The van der Waals surface area contributed by atoms with Crippen molar-refractivity contribution in [3.63, 3.8) is 0 Å².